The van der Waals surface area contributed by atoms with E-state index in [1.807, 2.05) is 58.0 Å². The van der Waals surface area contributed by atoms with Gasteiger partial charge in [0.25, 0.3) is 10.0 Å². The van der Waals surface area contributed by atoms with Crippen LogP contribution in [0.4, 0.5) is 5.69 Å². The standard InChI is InChI=1S/C36H39Cl2N3O4S/c1-5-27(4)39-36(43)34(22-28-9-7-6-8-10-28)40(23-29-15-20-32(37)33(38)21-29)35(42)24-41(30-16-11-25(2)12-17-30)46(44,45)31-18-13-26(3)14-19-31/h6-21,27,34H,5,22-24H2,1-4H3,(H,39,43). The van der Waals surface area contributed by atoms with Crippen LogP contribution in [0, 0.1) is 13.8 Å². The fourth-order valence-electron chi connectivity index (χ4n) is 4.91. The lowest BCUT2D eigenvalue weighted by molar-refractivity contribution is -0.140. The molecule has 0 saturated heterocycles. The van der Waals surface area contributed by atoms with Crippen LogP contribution in [-0.2, 0) is 32.6 Å². The van der Waals surface area contributed by atoms with Gasteiger partial charge in [0.2, 0.25) is 11.8 Å². The number of benzene rings is 4. The SMILES string of the molecule is CCC(C)NC(=O)C(Cc1ccccc1)N(Cc1ccc(Cl)c(Cl)c1)C(=O)CN(c1ccc(C)cc1)S(=O)(=O)c1ccc(C)cc1. The molecule has 0 aromatic heterocycles. The van der Waals surface area contributed by atoms with Gasteiger partial charge in [0.15, 0.2) is 0 Å². The molecular formula is C36H39Cl2N3O4S. The van der Waals surface area contributed by atoms with E-state index in [9.17, 15) is 18.0 Å². The van der Waals surface area contributed by atoms with E-state index >= 15 is 0 Å². The molecule has 0 aliphatic carbocycles. The molecule has 1 N–H and O–H groups in total. The smallest absolute Gasteiger partial charge is 0.264 e. The average Bonchev–Trinajstić information content (AvgIpc) is 3.04. The molecule has 0 aliphatic rings. The summed E-state index contributed by atoms with van der Waals surface area (Å²) in [5, 5.41) is 3.69. The maximum absolute atomic E-state index is 14.6. The molecule has 46 heavy (non-hydrogen) atoms. The number of hydrogen-bond donors (Lipinski definition) is 1. The van der Waals surface area contributed by atoms with Gasteiger partial charge >= 0.3 is 0 Å². The third-order valence-corrected chi connectivity index (χ3v) is 10.3. The zero-order chi connectivity index (χ0) is 33.4. The number of sulfonamides is 1. The van der Waals surface area contributed by atoms with Crippen molar-refractivity contribution < 1.29 is 18.0 Å². The van der Waals surface area contributed by atoms with Crippen LogP contribution in [0.25, 0.3) is 0 Å². The van der Waals surface area contributed by atoms with Crippen LogP contribution >= 0.6 is 23.2 Å². The van der Waals surface area contributed by atoms with Crippen molar-refractivity contribution in [3.8, 4) is 0 Å². The Morgan fingerprint density at radius 3 is 2.00 bits per heavy atom. The van der Waals surface area contributed by atoms with Gasteiger partial charge in [0.1, 0.15) is 12.6 Å². The Morgan fingerprint density at radius 1 is 0.804 bits per heavy atom. The highest BCUT2D eigenvalue weighted by Crippen LogP contribution is 2.27. The maximum Gasteiger partial charge on any atom is 0.264 e. The number of rotatable bonds is 13. The van der Waals surface area contributed by atoms with Gasteiger partial charge in [-0.3, -0.25) is 13.9 Å². The van der Waals surface area contributed by atoms with Crippen LogP contribution in [0.2, 0.25) is 10.0 Å². The molecule has 0 radical (unpaired) electrons. The monoisotopic (exact) mass is 679 g/mol. The normalized spacial score (nSPS) is 12.7. The van der Waals surface area contributed by atoms with Crippen molar-refractivity contribution in [2.45, 2.75) is 64.1 Å². The number of carbonyl (C=O) groups is 2. The number of nitrogens with one attached hydrogen (secondary N) is 1. The van der Waals surface area contributed by atoms with E-state index in [-0.39, 0.29) is 29.8 Å². The molecule has 242 valence electrons. The molecule has 0 fully saturated rings. The van der Waals surface area contributed by atoms with E-state index in [2.05, 4.69) is 5.32 Å². The summed E-state index contributed by atoms with van der Waals surface area (Å²) in [5.74, 6) is -0.891. The first-order valence-electron chi connectivity index (χ1n) is 15.1. The molecule has 4 rings (SSSR count). The predicted octanol–water partition coefficient (Wildman–Crippen LogP) is 7.36. The number of amides is 2. The number of halogens is 2. The van der Waals surface area contributed by atoms with E-state index in [4.69, 9.17) is 23.2 Å². The molecule has 0 aliphatic heterocycles. The van der Waals surface area contributed by atoms with Crippen LogP contribution in [-0.4, -0.2) is 43.8 Å². The molecule has 2 unspecified atom stereocenters. The van der Waals surface area contributed by atoms with Crippen LogP contribution in [0.1, 0.15) is 42.5 Å². The minimum Gasteiger partial charge on any atom is -0.352 e. The minimum absolute atomic E-state index is 0.00648. The fourth-order valence-corrected chi connectivity index (χ4v) is 6.64. The summed E-state index contributed by atoms with van der Waals surface area (Å²) >= 11 is 12.5. The summed E-state index contributed by atoms with van der Waals surface area (Å²) in [4.78, 5) is 30.0. The summed E-state index contributed by atoms with van der Waals surface area (Å²) in [6, 6.07) is 26.8. The summed E-state index contributed by atoms with van der Waals surface area (Å²) in [6.07, 6.45) is 0.909. The fraction of sp³-hybridized carbons (Fsp3) is 0.278. The summed E-state index contributed by atoms with van der Waals surface area (Å²) in [7, 11) is -4.18. The highest BCUT2D eigenvalue weighted by Gasteiger charge is 2.35. The van der Waals surface area contributed by atoms with Gasteiger partial charge < -0.3 is 10.2 Å². The van der Waals surface area contributed by atoms with Crippen LogP contribution in [0.5, 0.6) is 0 Å². The Labute approximate surface area is 282 Å². The van der Waals surface area contributed by atoms with E-state index in [0.29, 0.717) is 27.7 Å². The van der Waals surface area contributed by atoms with E-state index in [0.717, 1.165) is 21.0 Å². The van der Waals surface area contributed by atoms with Crippen molar-refractivity contribution in [3.63, 3.8) is 0 Å². The minimum atomic E-state index is -4.18. The second-order valence-electron chi connectivity index (χ2n) is 11.5. The highest BCUT2D eigenvalue weighted by atomic mass is 35.5. The number of carbonyl (C=O) groups excluding carboxylic acids is 2. The highest BCUT2D eigenvalue weighted by molar-refractivity contribution is 7.92. The van der Waals surface area contributed by atoms with Crippen molar-refractivity contribution in [1.29, 1.82) is 0 Å². The third-order valence-electron chi connectivity index (χ3n) is 7.82. The van der Waals surface area contributed by atoms with Crippen LogP contribution in [0.3, 0.4) is 0 Å². The van der Waals surface area contributed by atoms with Crippen molar-refractivity contribution in [2.75, 3.05) is 10.8 Å². The molecule has 2 amide bonds. The largest absolute Gasteiger partial charge is 0.352 e. The van der Waals surface area contributed by atoms with Gasteiger partial charge in [-0.1, -0.05) is 102 Å². The lowest BCUT2D eigenvalue weighted by Gasteiger charge is -2.34. The molecule has 2 atom stereocenters. The van der Waals surface area contributed by atoms with E-state index in [1.165, 1.54) is 17.0 Å². The van der Waals surface area contributed by atoms with Gasteiger partial charge in [0.05, 0.1) is 20.6 Å². The lowest BCUT2D eigenvalue weighted by atomic mass is 10.0. The molecule has 0 spiro atoms. The number of hydrogen-bond acceptors (Lipinski definition) is 4. The Hall–Kier alpha value is -3.85. The quantitative estimate of drug-likeness (QED) is 0.160. The number of anilines is 1. The Morgan fingerprint density at radius 2 is 1.41 bits per heavy atom. The van der Waals surface area contributed by atoms with Gasteiger partial charge in [-0.15, -0.1) is 0 Å². The Bertz CT molecular complexity index is 1750. The molecule has 4 aromatic carbocycles. The van der Waals surface area contributed by atoms with E-state index in [1.54, 1.807) is 54.6 Å². The second kappa shape index (κ2) is 15.6. The topological polar surface area (TPSA) is 86.8 Å². The van der Waals surface area contributed by atoms with Crippen molar-refractivity contribution in [2.24, 2.45) is 0 Å². The zero-order valence-corrected chi connectivity index (χ0v) is 28.7. The number of nitrogens with zero attached hydrogens (tertiary/aromatic N) is 2. The predicted molar refractivity (Wildman–Crippen MR) is 186 cm³/mol. The van der Waals surface area contributed by atoms with Gasteiger partial charge in [-0.25, -0.2) is 8.42 Å². The number of aryl methyl sites for hydroxylation is 2. The maximum atomic E-state index is 14.6. The van der Waals surface area contributed by atoms with Crippen molar-refractivity contribution in [3.05, 3.63) is 129 Å². The molecule has 10 heteroatoms. The van der Waals surface area contributed by atoms with Gasteiger partial charge in [-0.2, -0.15) is 0 Å². The first-order chi connectivity index (χ1) is 21.9. The second-order valence-corrected chi connectivity index (χ2v) is 14.1. The van der Waals surface area contributed by atoms with E-state index < -0.39 is 28.5 Å². The molecule has 0 heterocycles. The first kappa shape index (κ1) is 35.0. The molecule has 7 nitrogen and oxygen atoms in total. The zero-order valence-electron chi connectivity index (χ0n) is 26.4. The summed E-state index contributed by atoms with van der Waals surface area (Å²) in [6.45, 7) is 7.09. The summed E-state index contributed by atoms with van der Waals surface area (Å²) < 4.78 is 29.4. The Balaban J connectivity index is 1.82. The lowest BCUT2D eigenvalue weighted by Crippen LogP contribution is -2.54. The summed E-state index contributed by atoms with van der Waals surface area (Å²) in [5.41, 5.74) is 3.66. The molecular weight excluding hydrogens is 641 g/mol. The molecule has 0 saturated carbocycles. The Kier molecular flexibility index (Phi) is 11.9. The first-order valence-corrected chi connectivity index (χ1v) is 17.3. The molecule has 0 bridgehead atoms. The van der Waals surface area contributed by atoms with Crippen molar-refractivity contribution >= 4 is 50.7 Å². The van der Waals surface area contributed by atoms with Crippen LogP contribution in [0.15, 0.2) is 102 Å². The van der Waals surface area contributed by atoms with Gasteiger partial charge in [0, 0.05) is 19.0 Å². The molecule has 4 aromatic rings. The average molecular weight is 681 g/mol. The van der Waals surface area contributed by atoms with Crippen LogP contribution < -0.4 is 9.62 Å². The van der Waals surface area contributed by atoms with Gasteiger partial charge in [-0.05, 0) is 74.7 Å². The van der Waals surface area contributed by atoms with Crippen molar-refractivity contribution in [1.82, 2.24) is 10.2 Å². The third kappa shape index (κ3) is 8.90.